The summed E-state index contributed by atoms with van der Waals surface area (Å²) in [6.45, 7) is 0. The highest BCUT2D eigenvalue weighted by atomic mass is 35.5. The molecular weight excluding hydrogens is 306 g/mol. The van der Waals surface area contributed by atoms with Crippen LogP contribution >= 0.6 is 34.7 Å². The fourth-order valence-corrected chi connectivity index (χ4v) is 3.64. The number of thiazole rings is 1. The van der Waals surface area contributed by atoms with E-state index in [0.717, 1.165) is 27.0 Å². The Morgan fingerprint density at radius 1 is 1.00 bits per heavy atom. The van der Waals surface area contributed by atoms with E-state index in [4.69, 9.17) is 11.6 Å². The number of hydrogen-bond acceptors (Lipinski definition) is 3. The van der Waals surface area contributed by atoms with Crippen LogP contribution in [0.3, 0.4) is 0 Å². The average Bonchev–Trinajstić information content (AvgIpc) is 2.96. The summed E-state index contributed by atoms with van der Waals surface area (Å²) in [5, 5.41) is 3.93. The van der Waals surface area contributed by atoms with E-state index in [1.165, 1.54) is 4.90 Å². The van der Waals surface area contributed by atoms with Gasteiger partial charge < -0.3 is 0 Å². The molecule has 0 fully saturated rings. The first kappa shape index (κ1) is 13.7. The van der Waals surface area contributed by atoms with Gasteiger partial charge in [0.05, 0.1) is 5.69 Å². The van der Waals surface area contributed by atoms with Gasteiger partial charge in [0.2, 0.25) is 0 Å². The fourth-order valence-electron chi connectivity index (χ4n) is 1.77. The van der Waals surface area contributed by atoms with Gasteiger partial charge in [-0.15, -0.1) is 23.1 Å². The van der Waals surface area contributed by atoms with Crippen molar-refractivity contribution < 1.29 is 0 Å². The molecule has 0 radical (unpaired) electrons. The Kier molecular flexibility index (Phi) is 4.41. The van der Waals surface area contributed by atoms with E-state index < -0.39 is 0 Å². The molecule has 1 aromatic heterocycles. The first-order valence-corrected chi connectivity index (χ1v) is 8.44. The third-order valence-electron chi connectivity index (χ3n) is 2.77. The predicted octanol–water partition coefficient (Wildman–Crippen LogP) is 5.76. The molecule has 0 bridgehead atoms. The molecule has 0 saturated heterocycles. The largest absolute Gasteiger partial charge is 0.240 e. The van der Waals surface area contributed by atoms with Crippen LogP contribution in [0.4, 0.5) is 0 Å². The lowest BCUT2D eigenvalue weighted by Crippen LogP contribution is -1.82. The molecule has 0 unspecified atom stereocenters. The van der Waals surface area contributed by atoms with E-state index in [0.29, 0.717) is 0 Å². The van der Waals surface area contributed by atoms with Gasteiger partial charge in [-0.25, -0.2) is 4.98 Å². The predicted molar refractivity (Wildman–Crippen MR) is 88.6 cm³/mol. The van der Waals surface area contributed by atoms with Crippen molar-refractivity contribution in [3.8, 4) is 10.6 Å². The molecule has 20 heavy (non-hydrogen) atoms. The Balaban J connectivity index is 1.69. The third kappa shape index (κ3) is 3.42. The third-order valence-corrected chi connectivity index (χ3v) is 5.01. The summed E-state index contributed by atoms with van der Waals surface area (Å²) in [5.74, 6) is 0.897. The minimum atomic E-state index is 0.755. The number of halogens is 1. The van der Waals surface area contributed by atoms with Gasteiger partial charge in [0, 0.05) is 26.6 Å². The zero-order chi connectivity index (χ0) is 13.8. The number of thioether (sulfide) groups is 1. The second-order valence-electron chi connectivity index (χ2n) is 4.25. The van der Waals surface area contributed by atoms with Gasteiger partial charge in [0.15, 0.2) is 0 Å². The molecule has 4 heteroatoms. The number of hydrogen-bond donors (Lipinski definition) is 0. The molecule has 2 aromatic carbocycles. The first-order valence-electron chi connectivity index (χ1n) is 6.19. The van der Waals surface area contributed by atoms with Crippen molar-refractivity contribution >= 4 is 34.7 Å². The molecule has 0 aliphatic rings. The van der Waals surface area contributed by atoms with Crippen LogP contribution in [0.25, 0.3) is 10.6 Å². The molecule has 0 saturated carbocycles. The van der Waals surface area contributed by atoms with E-state index in [9.17, 15) is 0 Å². The molecule has 1 heterocycles. The Hall–Kier alpha value is -1.29. The first-order chi connectivity index (χ1) is 9.81. The quantitative estimate of drug-likeness (QED) is 0.568. The lowest BCUT2D eigenvalue weighted by atomic mass is 10.2. The summed E-state index contributed by atoms with van der Waals surface area (Å²) in [6.07, 6.45) is 0. The van der Waals surface area contributed by atoms with Gasteiger partial charge in [-0.2, -0.15) is 0 Å². The molecular formula is C16H12ClNS2. The van der Waals surface area contributed by atoms with Crippen molar-refractivity contribution in [1.29, 1.82) is 0 Å². The van der Waals surface area contributed by atoms with Crippen molar-refractivity contribution in [3.05, 3.63) is 70.7 Å². The zero-order valence-electron chi connectivity index (χ0n) is 10.6. The van der Waals surface area contributed by atoms with Gasteiger partial charge in [0.25, 0.3) is 0 Å². The fraction of sp³-hybridized carbons (Fsp3) is 0.0625. The maximum absolute atomic E-state index is 5.90. The molecule has 0 aliphatic heterocycles. The highest BCUT2D eigenvalue weighted by molar-refractivity contribution is 7.98. The molecule has 0 N–H and O–H groups in total. The molecule has 0 aliphatic carbocycles. The van der Waals surface area contributed by atoms with Crippen LogP contribution in [0.5, 0.6) is 0 Å². The number of aromatic nitrogens is 1. The van der Waals surface area contributed by atoms with E-state index in [1.807, 2.05) is 42.1 Å². The van der Waals surface area contributed by atoms with Crippen LogP contribution in [0.2, 0.25) is 5.02 Å². The smallest absolute Gasteiger partial charge is 0.123 e. The second-order valence-corrected chi connectivity index (χ2v) is 6.60. The number of nitrogens with zero attached hydrogens (tertiary/aromatic N) is 1. The van der Waals surface area contributed by atoms with Crippen molar-refractivity contribution in [2.75, 3.05) is 0 Å². The minimum Gasteiger partial charge on any atom is -0.240 e. The second kappa shape index (κ2) is 6.44. The zero-order valence-corrected chi connectivity index (χ0v) is 13.0. The van der Waals surface area contributed by atoms with Gasteiger partial charge in [-0.3, -0.25) is 0 Å². The van der Waals surface area contributed by atoms with Crippen LogP contribution in [-0.2, 0) is 5.75 Å². The summed E-state index contributed by atoms with van der Waals surface area (Å²) in [7, 11) is 0. The van der Waals surface area contributed by atoms with E-state index >= 15 is 0 Å². The van der Waals surface area contributed by atoms with Gasteiger partial charge in [-0.05, 0) is 24.3 Å². The molecule has 1 nitrogen and oxygen atoms in total. The number of benzene rings is 2. The Morgan fingerprint density at radius 2 is 1.75 bits per heavy atom. The number of rotatable bonds is 4. The van der Waals surface area contributed by atoms with E-state index in [2.05, 4.69) is 34.6 Å². The standard InChI is InChI=1S/C16H12ClNS2/c17-13-8-6-12(7-9-13)16-18-14(11-20-16)10-19-15-4-2-1-3-5-15/h1-9,11H,10H2. The van der Waals surface area contributed by atoms with Crippen molar-refractivity contribution in [3.63, 3.8) is 0 Å². The monoisotopic (exact) mass is 317 g/mol. The molecule has 3 aromatic rings. The summed E-state index contributed by atoms with van der Waals surface area (Å²) in [6, 6.07) is 18.2. The maximum Gasteiger partial charge on any atom is 0.123 e. The Bertz CT molecular complexity index is 677. The van der Waals surface area contributed by atoms with Crippen LogP contribution in [0.15, 0.2) is 64.9 Å². The van der Waals surface area contributed by atoms with Crippen molar-refractivity contribution in [1.82, 2.24) is 4.98 Å². The van der Waals surface area contributed by atoms with Gasteiger partial charge in [-0.1, -0.05) is 41.9 Å². The summed E-state index contributed by atoms with van der Waals surface area (Å²) in [5.41, 5.74) is 2.24. The van der Waals surface area contributed by atoms with Crippen LogP contribution < -0.4 is 0 Å². The topological polar surface area (TPSA) is 12.9 Å². The molecule has 0 amide bonds. The average molecular weight is 318 g/mol. The van der Waals surface area contributed by atoms with E-state index in [1.54, 1.807) is 11.3 Å². The molecule has 100 valence electrons. The van der Waals surface area contributed by atoms with Crippen molar-refractivity contribution in [2.45, 2.75) is 10.6 Å². The van der Waals surface area contributed by atoms with E-state index in [-0.39, 0.29) is 0 Å². The van der Waals surface area contributed by atoms with Crippen LogP contribution in [-0.4, -0.2) is 4.98 Å². The summed E-state index contributed by atoms with van der Waals surface area (Å²) >= 11 is 9.39. The maximum atomic E-state index is 5.90. The highest BCUT2D eigenvalue weighted by Crippen LogP contribution is 2.28. The lowest BCUT2D eigenvalue weighted by Gasteiger charge is -1.98. The highest BCUT2D eigenvalue weighted by Gasteiger charge is 2.05. The van der Waals surface area contributed by atoms with Crippen molar-refractivity contribution in [2.24, 2.45) is 0 Å². The van der Waals surface area contributed by atoms with Crippen LogP contribution in [0.1, 0.15) is 5.69 Å². The lowest BCUT2D eigenvalue weighted by molar-refractivity contribution is 1.23. The molecule has 0 atom stereocenters. The van der Waals surface area contributed by atoms with Gasteiger partial charge in [0.1, 0.15) is 5.01 Å². The van der Waals surface area contributed by atoms with Gasteiger partial charge >= 0.3 is 0 Å². The molecule has 0 spiro atoms. The minimum absolute atomic E-state index is 0.755. The normalized spacial score (nSPS) is 10.7. The summed E-state index contributed by atoms with van der Waals surface area (Å²) in [4.78, 5) is 5.95. The van der Waals surface area contributed by atoms with Crippen LogP contribution in [0, 0.1) is 0 Å². The Labute approximate surface area is 131 Å². The summed E-state index contributed by atoms with van der Waals surface area (Å²) < 4.78 is 0. The SMILES string of the molecule is Clc1ccc(-c2nc(CSc3ccccc3)cs2)cc1. The molecule has 3 rings (SSSR count). The Morgan fingerprint density at radius 3 is 2.50 bits per heavy atom.